The zero-order chi connectivity index (χ0) is 13.5. The molecule has 0 aromatic carbocycles. The van der Waals surface area contributed by atoms with Crippen molar-refractivity contribution in [3.8, 4) is 0 Å². The highest BCUT2D eigenvalue weighted by molar-refractivity contribution is 7.77. The fourth-order valence-corrected chi connectivity index (χ4v) is 2.08. The molecule has 3 N–H and O–H groups in total. The van der Waals surface area contributed by atoms with Crippen molar-refractivity contribution in [3.63, 3.8) is 0 Å². The summed E-state index contributed by atoms with van der Waals surface area (Å²) in [4.78, 5) is 0. The molecule has 0 saturated carbocycles. The molecule has 0 amide bonds. The van der Waals surface area contributed by atoms with Crippen molar-refractivity contribution in [2.75, 3.05) is 0 Å². The molecule has 100 valence electrons. The first kappa shape index (κ1) is 13.2. The lowest BCUT2D eigenvalue weighted by atomic mass is 9.93. The largest absolute Gasteiger partial charge is 0.295 e. The molecular formula is C10H17N5O2S. The minimum Gasteiger partial charge on any atom is -0.295 e. The van der Waals surface area contributed by atoms with Crippen LogP contribution in [0.3, 0.4) is 0 Å². The number of rotatable bonds is 3. The van der Waals surface area contributed by atoms with Gasteiger partial charge in [0, 0.05) is 17.2 Å². The van der Waals surface area contributed by atoms with Crippen LogP contribution in [0.4, 0.5) is 0 Å². The summed E-state index contributed by atoms with van der Waals surface area (Å²) in [5.74, 6) is 0.572. The van der Waals surface area contributed by atoms with Crippen molar-refractivity contribution in [2.45, 2.75) is 39.2 Å². The molecule has 0 aliphatic carbocycles. The highest BCUT2D eigenvalue weighted by atomic mass is 32.2. The molecule has 0 spiro atoms. The minimum atomic E-state index is -2.08. The van der Waals surface area contributed by atoms with E-state index in [9.17, 15) is 4.21 Å². The minimum absolute atomic E-state index is 0.0194. The average molecular weight is 271 g/mol. The SMILES string of the molecule is CC(NS(=O)O)c1nnc2cc(C(C)(C)C)[nH]n12. The number of aromatic amines is 1. The molecule has 7 nitrogen and oxygen atoms in total. The Bertz CT molecular complexity index is 583. The second kappa shape index (κ2) is 4.45. The van der Waals surface area contributed by atoms with E-state index in [1.807, 2.05) is 6.07 Å². The van der Waals surface area contributed by atoms with Crippen LogP contribution in [0, 0.1) is 0 Å². The lowest BCUT2D eigenvalue weighted by molar-refractivity contribution is 0.523. The van der Waals surface area contributed by atoms with Gasteiger partial charge in [0.2, 0.25) is 11.3 Å². The second-order valence-corrected chi connectivity index (χ2v) is 5.99. The first-order valence-electron chi connectivity index (χ1n) is 5.60. The van der Waals surface area contributed by atoms with Crippen LogP contribution in [0.1, 0.15) is 45.3 Å². The Labute approximate surface area is 107 Å². The summed E-state index contributed by atoms with van der Waals surface area (Å²) in [6.45, 7) is 8.03. The van der Waals surface area contributed by atoms with Gasteiger partial charge in [-0.1, -0.05) is 20.8 Å². The predicted octanol–water partition coefficient (Wildman–Crippen LogP) is 1.14. The summed E-state index contributed by atoms with van der Waals surface area (Å²) in [7, 11) is 0. The summed E-state index contributed by atoms with van der Waals surface area (Å²) in [6.07, 6.45) is 0. The molecule has 0 radical (unpaired) electrons. The van der Waals surface area contributed by atoms with Crippen molar-refractivity contribution in [1.29, 1.82) is 0 Å². The van der Waals surface area contributed by atoms with Gasteiger partial charge in [0.1, 0.15) is 0 Å². The van der Waals surface area contributed by atoms with Crippen LogP contribution in [0.15, 0.2) is 6.07 Å². The summed E-state index contributed by atoms with van der Waals surface area (Å²) >= 11 is -2.08. The highest BCUT2D eigenvalue weighted by Gasteiger charge is 2.21. The van der Waals surface area contributed by atoms with Gasteiger partial charge in [0.05, 0.1) is 6.04 Å². The lowest BCUT2D eigenvalue weighted by Gasteiger charge is -2.15. The molecule has 0 aliphatic rings. The van der Waals surface area contributed by atoms with E-state index in [-0.39, 0.29) is 11.5 Å². The fourth-order valence-electron chi connectivity index (χ4n) is 1.67. The van der Waals surface area contributed by atoms with Gasteiger partial charge >= 0.3 is 0 Å². The van der Waals surface area contributed by atoms with Crippen molar-refractivity contribution in [1.82, 2.24) is 24.5 Å². The van der Waals surface area contributed by atoms with Crippen molar-refractivity contribution >= 4 is 16.9 Å². The van der Waals surface area contributed by atoms with Gasteiger partial charge < -0.3 is 0 Å². The van der Waals surface area contributed by atoms with Gasteiger partial charge in [-0.15, -0.1) is 10.2 Å². The first-order valence-corrected chi connectivity index (χ1v) is 6.71. The standard InChI is InChI=1S/C10H17N5O2S/c1-6(14-18(16)17)9-12-11-8-5-7(10(2,3)4)13-15(8)9/h5-6,13-14H,1-4H3,(H,16,17). The van der Waals surface area contributed by atoms with E-state index < -0.39 is 11.3 Å². The zero-order valence-corrected chi connectivity index (χ0v) is 11.6. The second-order valence-electron chi connectivity index (χ2n) is 5.26. The molecule has 2 aromatic rings. The Morgan fingerprint density at radius 2 is 2.17 bits per heavy atom. The molecule has 18 heavy (non-hydrogen) atoms. The molecule has 2 unspecified atom stereocenters. The average Bonchev–Trinajstić information content (AvgIpc) is 2.71. The van der Waals surface area contributed by atoms with E-state index >= 15 is 0 Å². The summed E-state index contributed by atoms with van der Waals surface area (Å²) in [5, 5.41) is 11.3. The van der Waals surface area contributed by atoms with Crippen LogP contribution < -0.4 is 4.72 Å². The number of hydrogen-bond acceptors (Lipinski definition) is 3. The smallest absolute Gasteiger partial charge is 0.232 e. The van der Waals surface area contributed by atoms with Gasteiger partial charge in [0.15, 0.2) is 11.5 Å². The van der Waals surface area contributed by atoms with Crippen LogP contribution in [-0.2, 0) is 16.7 Å². The van der Waals surface area contributed by atoms with Gasteiger partial charge in [-0.25, -0.2) is 13.4 Å². The summed E-state index contributed by atoms with van der Waals surface area (Å²) in [6, 6.07) is 1.55. The normalized spacial score (nSPS) is 16.1. The topological polar surface area (TPSA) is 95.3 Å². The van der Waals surface area contributed by atoms with Gasteiger partial charge in [-0.3, -0.25) is 9.65 Å². The van der Waals surface area contributed by atoms with Crippen LogP contribution >= 0.6 is 0 Å². The first-order chi connectivity index (χ1) is 8.29. The molecule has 0 fully saturated rings. The van der Waals surface area contributed by atoms with E-state index in [1.54, 1.807) is 11.4 Å². The number of nitrogens with one attached hydrogen (secondary N) is 2. The van der Waals surface area contributed by atoms with Crippen LogP contribution in [-0.4, -0.2) is 28.6 Å². The van der Waals surface area contributed by atoms with Crippen molar-refractivity contribution in [3.05, 3.63) is 17.6 Å². The van der Waals surface area contributed by atoms with E-state index in [2.05, 4.69) is 40.8 Å². The Morgan fingerprint density at radius 3 is 2.72 bits per heavy atom. The third-order valence-electron chi connectivity index (χ3n) is 2.69. The Morgan fingerprint density at radius 1 is 1.50 bits per heavy atom. The molecule has 0 saturated heterocycles. The van der Waals surface area contributed by atoms with Crippen molar-refractivity contribution < 1.29 is 8.76 Å². The summed E-state index contributed by atoms with van der Waals surface area (Å²) < 4.78 is 23.8. The zero-order valence-electron chi connectivity index (χ0n) is 10.8. The van der Waals surface area contributed by atoms with Gasteiger partial charge in [-0.05, 0) is 6.92 Å². The number of aromatic nitrogens is 4. The van der Waals surface area contributed by atoms with Crippen molar-refractivity contribution in [2.24, 2.45) is 0 Å². The van der Waals surface area contributed by atoms with Gasteiger partial charge in [-0.2, -0.15) is 0 Å². The third-order valence-corrected chi connectivity index (χ3v) is 3.25. The number of hydrogen-bond donors (Lipinski definition) is 3. The molecule has 2 atom stereocenters. The maximum atomic E-state index is 10.7. The number of H-pyrrole nitrogens is 1. The Kier molecular flexibility index (Phi) is 3.26. The van der Waals surface area contributed by atoms with E-state index in [4.69, 9.17) is 4.55 Å². The number of fused-ring (bicyclic) bond motifs is 1. The van der Waals surface area contributed by atoms with E-state index in [0.29, 0.717) is 11.5 Å². The predicted molar refractivity (Wildman–Crippen MR) is 68.4 cm³/mol. The van der Waals surface area contributed by atoms with Gasteiger partial charge in [0.25, 0.3) is 0 Å². The Balaban J connectivity index is 2.41. The summed E-state index contributed by atoms with van der Waals surface area (Å²) in [5.41, 5.74) is 1.72. The highest BCUT2D eigenvalue weighted by Crippen LogP contribution is 2.22. The lowest BCUT2D eigenvalue weighted by Crippen LogP contribution is -2.23. The molecule has 0 bridgehead atoms. The van der Waals surface area contributed by atoms with E-state index in [1.165, 1.54) is 0 Å². The molecule has 2 heterocycles. The molecular weight excluding hydrogens is 254 g/mol. The number of nitrogens with zero attached hydrogens (tertiary/aromatic N) is 3. The van der Waals surface area contributed by atoms with E-state index in [0.717, 1.165) is 5.69 Å². The van der Waals surface area contributed by atoms with Crippen LogP contribution in [0.2, 0.25) is 0 Å². The fraction of sp³-hybridized carbons (Fsp3) is 0.600. The monoisotopic (exact) mass is 271 g/mol. The maximum absolute atomic E-state index is 10.7. The molecule has 2 rings (SSSR count). The maximum Gasteiger partial charge on any atom is 0.232 e. The van der Waals surface area contributed by atoms with Crippen LogP contribution in [0.25, 0.3) is 5.65 Å². The molecule has 2 aromatic heterocycles. The third kappa shape index (κ3) is 2.45. The Hall–Kier alpha value is -1.25. The quantitative estimate of drug-likeness (QED) is 0.729. The van der Waals surface area contributed by atoms with Crippen LogP contribution in [0.5, 0.6) is 0 Å². The molecule has 8 heteroatoms. The molecule has 0 aliphatic heterocycles.